The van der Waals surface area contributed by atoms with Crippen LogP contribution in [-0.4, -0.2) is 40.3 Å². The van der Waals surface area contributed by atoms with Gasteiger partial charge in [0.15, 0.2) is 5.17 Å². The Hall–Kier alpha value is -3.57. The summed E-state index contributed by atoms with van der Waals surface area (Å²) in [6.07, 6.45) is 2.14. The molecule has 1 aliphatic rings. The van der Waals surface area contributed by atoms with Gasteiger partial charge < -0.3 is 10.1 Å². The minimum atomic E-state index is -0.505. The van der Waals surface area contributed by atoms with E-state index < -0.39 is 10.5 Å². The number of nitrogens with one attached hydrogen (secondary N) is 1. The molecule has 0 bridgehead atoms. The first kappa shape index (κ1) is 21.7. The fourth-order valence-electron chi connectivity index (χ4n) is 3.44. The number of carbonyl (C=O) groups is 1. The van der Waals surface area contributed by atoms with Gasteiger partial charge in [0.1, 0.15) is 23.2 Å². The van der Waals surface area contributed by atoms with Gasteiger partial charge in [-0.2, -0.15) is 10.3 Å². The number of aromatic nitrogens is 1. The normalized spacial score (nSPS) is 15.6. The van der Waals surface area contributed by atoms with E-state index in [4.69, 9.17) is 4.74 Å². The smallest absolute Gasteiger partial charge is 0.258 e. The zero-order valence-corrected chi connectivity index (χ0v) is 18.3. The molecule has 0 saturated heterocycles. The molecule has 1 unspecified atom stereocenters. The van der Waals surface area contributed by atoms with Crippen molar-refractivity contribution in [3.05, 3.63) is 71.2 Å². The summed E-state index contributed by atoms with van der Waals surface area (Å²) in [6.45, 7) is 2.86. The van der Waals surface area contributed by atoms with Gasteiger partial charge in [0.2, 0.25) is 0 Å². The minimum absolute atomic E-state index is 0.165. The van der Waals surface area contributed by atoms with Gasteiger partial charge in [-0.05, 0) is 54.1 Å². The molecule has 2 heterocycles. The number of pyridine rings is 1. The van der Waals surface area contributed by atoms with Gasteiger partial charge in [0, 0.05) is 18.1 Å². The third kappa shape index (κ3) is 4.84. The van der Waals surface area contributed by atoms with Crippen LogP contribution in [0, 0.1) is 17.1 Å². The standard InChI is InChI=1S/C24H21FN4O2S/c1-2-31-23-18(12-26)13-28-21-7-6-17(11-20(21)23)14-32-15-22(30)29-24(32)27-9-8-16-4-3-5-19(25)10-16/h3-7,10-11,13-14H,2,8-9,15H2,1H3,(H,27,29,30). The lowest BCUT2D eigenvalue weighted by Crippen LogP contribution is -2.23. The molecule has 1 aliphatic heterocycles. The van der Waals surface area contributed by atoms with E-state index in [0.29, 0.717) is 41.8 Å². The number of nitriles is 1. The highest BCUT2D eigenvalue weighted by molar-refractivity contribution is 8.28. The summed E-state index contributed by atoms with van der Waals surface area (Å²) in [5.41, 5.74) is 2.90. The molecule has 1 aromatic heterocycles. The van der Waals surface area contributed by atoms with E-state index in [-0.39, 0.29) is 11.7 Å². The van der Waals surface area contributed by atoms with Crippen LogP contribution in [0.2, 0.25) is 0 Å². The molecule has 3 aromatic rings. The number of hydrogen-bond acceptors (Lipinski definition) is 5. The molecule has 0 fully saturated rings. The Kier molecular flexibility index (Phi) is 6.57. The van der Waals surface area contributed by atoms with E-state index in [2.05, 4.69) is 21.4 Å². The first-order valence-electron chi connectivity index (χ1n) is 10.2. The third-order valence-corrected chi connectivity index (χ3v) is 6.71. The van der Waals surface area contributed by atoms with E-state index in [1.807, 2.05) is 36.6 Å². The number of carbonyl (C=O) groups excluding carboxylic acids is 1. The van der Waals surface area contributed by atoms with Crippen LogP contribution >= 0.6 is 10.5 Å². The van der Waals surface area contributed by atoms with Crippen molar-refractivity contribution < 1.29 is 13.9 Å². The lowest BCUT2D eigenvalue weighted by Gasteiger charge is -2.11. The number of ether oxygens (including phenoxy) is 1. The quantitative estimate of drug-likeness (QED) is 0.580. The zero-order chi connectivity index (χ0) is 22.5. The zero-order valence-electron chi connectivity index (χ0n) is 17.5. The van der Waals surface area contributed by atoms with Gasteiger partial charge in [-0.25, -0.2) is 4.39 Å². The largest absolute Gasteiger partial charge is 0.492 e. The van der Waals surface area contributed by atoms with Crippen molar-refractivity contribution in [1.82, 2.24) is 10.3 Å². The SMILES string of the molecule is CCOc1c(C#N)cnc2ccc(/C=S3/CC(=O)N=C3NCCc3cccc(F)c3)cc12. The van der Waals surface area contributed by atoms with Gasteiger partial charge in [-0.1, -0.05) is 18.2 Å². The summed E-state index contributed by atoms with van der Waals surface area (Å²) in [6, 6.07) is 14.3. The van der Waals surface area contributed by atoms with E-state index in [1.165, 1.54) is 18.3 Å². The summed E-state index contributed by atoms with van der Waals surface area (Å²) < 4.78 is 19.1. The number of amidine groups is 1. The van der Waals surface area contributed by atoms with Crippen LogP contribution in [0.5, 0.6) is 5.75 Å². The predicted octanol–water partition coefficient (Wildman–Crippen LogP) is 3.79. The van der Waals surface area contributed by atoms with Crippen molar-refractivity contribution in [3.63, 3.8) is 0 Å². The molecule has 1 atom stereocenters. The fourth-order valence-corrected chi connectivity index (χ4v) is 5.09. The number of rotatable bonds is 6. The maximum absolute atomic E-state index is 13.4. The summed E-state index contributed by atoms with van der Waals surface area (Å²) in [5, 5.41) is 16.0. The van der Waals surface area contributed by atoms with Crippen molar-refractivity contribution in [1.29, 1.82) is 5.26 Å². The second-order valence-corrected chi connectivity index (χ2v) is 8.90. The molecule has 4 rings (SSSR count). The van der Waals surface area contributed by atoms with Gasteiger partial charge in [0.05, 0.1) is 17.9 Å². The highest BCUT2D eigenvalue weighted by Crippen LogP contribution is 2.30. The molecule has 0 spiro atoms. The Labute approximate surface area is 187 Å². The highest BCUT2D eigenvalue weighted by Gasteiger charge is 2.19. The third-order valence-electron chi connectivity index (χ3n) is 4.86. The van der Waals surface area contributed by atoms with Crippen molar-refractivity contribution >= 4 is 37.8 Å². The molecule has 2 aromatic carbocycles. The maximum atomic E-state index is 13.4. The number of fused-ring (bicyclic) bond motifs is 1. The minimum Gasteiger partial charge on any atom is -0.492 e. The van der Waals surface area contributed by atoms with Crippen molar-refractivity contribution in [3.8, 4) is 11.8 Å². The summed E-state index contributed by atoms with van der Waals surface area (Å²) in [7, 11) is -0.505. The number of benzene rings is 2. The Morgan fingerprint density at radius 1 is 1.31 bits per heavy atom. The van der Waals surface area contributed by atoms with E-state index in [9.17, 15) is 14.4 Å². The number of halogens is 1. The van der Waals surface area contributed by atoms with Crippen molar-refractivity contribution in [2.24, 2.45) is 4.99 Å². The average Bonchev–Trinajstić information content (AvgIpc) is 3.13. The second kappa shape index (κ2) is 9.71. The molecule has 8 heteroatoms. The summed E-state index contributed by atoms with van der Waals surface area (Å²) >= 11 is 0. The molecule has 0 radical (unpaired) electrons. The molecule has 32 heavy (non-hydrogen) atoms. The van der Waals surface area contributed by atoms with Gasteiger partial charge in [-0.15, -0.1) is 10.5 Å². The average molecular weight is 449 g/mol. The number of amides is 1. The summed E-state index contributed by atoms with van der Waals surface area (Å²) in [4.78, 5) is 20.5. The topological polar surface area (TPSA) is 87.4 Å². The number of hydrogen-bond donors (Lipinski definition) is 1. The van der Waals surface area contributed by atoms with Crippen LogP contribution in [0.4, 0.5) is 4.39 Å². The molecule has 1 N–H and O–H groups in total. The molecule has 0 saturated carbocycles. The number of nitrogens with zero attached hydrogens (tertiary/aromatic N) is 3. The molecule has 6 nitrogen and oxygen atoms in total. The Bertz CT molecular complexity index is 1300. The van der Waals surface area contributed by atoms with Crippen LogP contribution in [0.15, 0.2) is 53.7 Å². The lowest BCUT2D eigenvalue weighted by atomic mass is 10.1. The Morgan fingerprint density at radius 3 is 2.97 bits per heavy atom. The Morgan fingerprint density at radius 2 is 2.19 bits per heavy atom. The van der Waals surface area contributed by atoms with Crippen LogP contribution in [0.1, 0.15) is 23.6 Å². The molecular formula is C24H21FN4O2S. The molecule has 1 amide bonds. The van der Waals surface area contributed by atoms with Crippen LogP contribution < -0.4 is 10.1 Å². The summed E-state index contributed by atoms with van der Waals surface area (Å²) in [5.74, 6) is 0.404. The van der Waals surface area contributed by atoms with Crippen molar-refractivity contribution in [2.75, 3.05) is 18.9 Å². The van der Waals surface area contributed by atoms with Gasteiger partial charge in [-0.3, -0.25) is 9.78 Å². The van der Waals surface area contributed by atoms with E-state index in [0.717, 1.165) is 22.0 Å². The lowest BCUT2D eigenvalue weighted by molar-refractivity contribution is -0.115. The first-order valence-corrected chi connectivity index (χ1v) is 11.6. The van der Waals surface area contributed by atoms with Gasteiger partial charge >= 0.3 is 0 Å². The van der Waals surface area contributed by atoms with Crippen LogP contribution in [0.25, 0.3) is 10.9 Å². The molecular weight excluding hydrogens is 427 g/mol. The number of aliphatic imine (C=N–C) groups is 1. The van der Waals surface area contributed by atoms with Crippen LogP contribution in [0.3, 0.4) is 0 Å². The fraction of sp³-hybridized carbons (Fsp3) is 0.208. The Balaban J connectivity index is 1.57. The highest BCUT2D eigenvalue weighted by atomic mass is 32.2. The van der Waals surface area contributed by atoms with E-state index >= 15 is 0 Å². The predicted molar refractivity (Wildman–Crippen MR) is 126 cm³/mol. The van der Waals surface area contributed by atoms with Crippen molar-refractivity contribution in [2.45, 2.75) is 13.3 Å². The maximum Gasteiger partial charge on any atom is 0.258 e. The van der Waals surface area contributed by atoms with E-state index in [1.54, 1.807) is 6.07 Å². The van der Waals surface area contributed by atoms with Crippen LogP contribution in [-0.2, 0) is 11.2 Å². The molecule has 0 aliphatic carbocycles. The van der Waals surface area contributed by atoms with Gasteiger partial charge in [0.25, 0.3) is 5.91 Å². The monoisotopic (exact) mass is 448 g/mol. The molecule has 162 valence electrons. The second-order valence-electron chi connectivity index (χ2n) is 7.13. The first-order chi connectivity index (χ1) is 15.6.